The van der Waals surface area contributed by atoms with Gasteiger partial charge in [0.1, 0.15) is 10.7 Å². The van der Waals surface area contributed by atoms with E-state index in [1.165, 1.54) is 7.05 Å². The molecular weight excluding hydrogens is 291 g/mol. The molecule has 0 spiro atoms. The van der Waals surface area contributed by atoms with Gasteiger partial charge in [-0.15, -0.1) is 0 Å². The number of nitrogen functional groups attached to an aromatic ring is 1. The number of halogens is 1. The number of anilines is 2. The van der Waals surface area contributed by atoms with Crippen molar-refractivity contribution in [1.29, 1.82) is 0 Å². The number of hydrogen-bond acceptors (Lipinski definition) is 3. The summed E-state index contributed by atoms with van der Waals surface area (Å²) in [5.41, 5.74) is 7.73. The Kier molecular flexibility index (Phi) is 3.91. The third-order valence-electron chi connectivity index (χ3n) is 3.41. The maximum atomic E-state index is 14.0. The van der Waals surface area contributed by atoms with Crippen LogP contribution in [-0.4, -0.2) is 15.5 Å². The fourth-order valence-corrected chi connectivity index (χ4v) is 3.40. The van der Waals surface area contributed by atoms with Crippen molar-refractivity contribution >= 4 is 21.4 Å². The zero-order valence-electron chi connectivity index (χ0n) is 12.1. The van der Waals surface area contributed by atoms with Crippen LogP contribution in [0.2, 0.25) is 0 Å². The van der Waals surface area contributed by atoms with E-state index < -0.39 is 20.7 Å². The van der Waals surface area contributed by atoms with Gasteiger partial charge >= 0.3 is 0 Å². The van der Waals surface area contributed by atoms with E-state index in [0.29, 0.717) is 11.3 Å². The minimum Gasteiger partial charge on any atom is -0.398 e. The molecule has 0 radical (unpaired) electrons. The Bertz CT molecular complexity index is 788. The van der Waals surface area contributed by atoms with Gasteiger partial charge in [0.2, 0.25) is 0 Å². The van der Waals surface area contributed by atoms with Crippen molar-refractivity contribution in [3.05, 3.63) is 53.3 Å². The van der Waals surface area contributed by atoms with E-state index in [1.54, 1.807) is 32.0 Å². The molecule has 6 heteroatoms. The lowest BCUT2D eigenvalue weighted by Crippen LogP contribution is -2.28. The highest BCUT2D eigenvalue weighted by molar-refractivity contribution is 7.92. The lowest BCUT2D eigenvalue weighted by Gasteiger charge is -2.22. The van der Waals surface area contributed by atoms with Gasteiger partial charge in [-0.05, 0) is 43.2 Å². The van der Waals surface area contributed by atoms with Crippen LogP contribution in [0.1, 0.15) is 11.1 Å². The molecule has 0 heterocycles. The average Bonchev–Trinajstić information content (AvgIpc) is 2.42. The molecule has 0 saturated carbocycles. The first-order valence-electron chi connectivity index (χ1n) is 6.35. The molecule has 21 heavy (non-hydrogen) atoms. The van der Waals surface area contributed by atoms with Crippen LogP contribution < -0.4 is 10.0 Å². The van der Waals surface area contributed by atoms with Gasteiger partial charge in [-0.3, -0.25) is 4.31 Å². The highest BCUT2D eigenvalue weighted by Gasteiger charge is 2.26. The maximum absolute atomic E-state index is 14.0. The molecule has 0 aliphatic carbocycles. The molecule has 0 aromatic heterocycles. The van der Waals surface area contributed by atoms with Crippen LogP contribution in [0.3, 0.4) is 0 Å². The highest BCUT2D eigenvalue weighted by Crippen LogP contribution is 2.28. The Balaban J connectivity index is 2.58. The van der Waals surface area contributed by atoms with Crippen LogP contribution in [0.25, 0.3) is 0 Å². The van der Waals surface area contributed by atoms with Crippen LogP contribution in [0.4, 0.5) is 15.8 Å². The van der Waals surface area contributed by atoms with Crippen molar-refractivity contribution in [2.24, 2.45) is 0 Å². The van der Waals surface area contributed by atoms with Crippen LogP contribution >= 0.6 is 0 Å². The van der Waals surface area contributed by atoms with Crippen molar-refractivity contribution in [2.75, 3.05) is 17.1 Å². The van der Waals surface area contributed by atoms with E-state index in [2.05, 4.69) is 0 Å². The Morgan fingerprint density at radius 3 is 2.33 bits per heavy atom. The minimum atomic E-state index is -4.01. The summed E-state index contributed by atoms with van der Waals surface area (Å²) in [5, 5.41) is 0. The van der Waals surface area contributed by atoms with Crippen molar-refractivity contribution in [3.8, 4) is 0 Å². The molecule has 2 rings (SSSR count). The monoisotopic (exact) mass is 308 g/mol. The number of para-hydroxylation sites is 1. The Labute approximate surface area is 124 Å². The normalized spacial score (nSPS) is 11.4. The molecule has 0 unspecified atom stereocenters. The standard InChI is InChI=1S/C15H17FN2O2S/c1-10-6-4-5-7-14(10)18(3)21(19,20)15-9-13(17)11(2)8-12(15)16/h4-9H,17H2,1-3H3. The molecule has 2 N–H and O–H groups in total. The van der Waals surface area contributed by atoms with E-state index in [1.807, 2.05) is 6.07 Å². The summed E-state index contributed by atoms with van der Waals surface area (Å²) in [6.45, 7) is 3.42. The molecule has 2 aromatic rings. The van der Waals surface area contributed by atoms with E-state index in [4.69, 9.17) is 5.73 Å². The highest BCUT2D eigenvalue weighted by atomic mass is 32.2. The molecule has 2 aromatic carbocycles. The van der Waals surface area contributed by atoms with Gasteiger partial charge in [0.25, 0.3) is 10.0 Å². The summed E-state index contributed by atoms with van der Waals surface area (Å²) < 4.78 is 40.3. The van der Waals surface area contributed by atoms with Gasteiger partial charge in [-0.25, -0.2) is 12.8 Å². The fourth-order valence-electron chi connectivity index (χ4n) is 2.06. The molecule has 0 atom stereocenters. The summed E-state index contributed by atoms with van der Waals surface area (Å²) >= 11 is 0. The quantitative estimate of drug-likeness (QED) is 0.887. The van der Waals surface area contributed by atoms with Crippen LogP contribution in [0.5, 0.6) is 0 Å². The Hall–Kier alpha value is -2.08. The van der Waals surface area contributed by atoms with Gasteiger partial charge in [0.15, 0.2) is 0 Å². The first kappa shape index (κ1) is 15.3. The number of aryl methyl sites for hydroxylation is 2. The van der Waals surface area contributed by atoms with Crippen LogP contribution in [0, 0.1) is 19.7 Å². The molecule has 0 aliphatic rings. The molecule has 4 nitrogen and oxygen atoms in total. The SMILES string of the molecule is Cc1cc(F)c(S(=O)(=O)N(C)c2ccccc2C)cc1N. The fraction of sp³-hybridized carbons (Fsp3) is 0.200. The molecular formula is C15H17FN2O2S. The zero-order chi connectivity index (χ0) is 15.8. The average molecular weight is 308 g/mol. The van der Waals surface area contributed by atoms with Gasteiger partial charge in [0, 0.05) is 12.7 Å². The van der Waals surface area contributed by atoms with E-state index >= 15 is 0 Å². The minimum absolute atomic E-state index is 0.244. The lowest BCUT2D eigenvalue weighted by molar-refractivity contribution is 0.565. The second-order valence-electron chi connectivity index (χ2n) is 4.90. The Morgan fingerprint density at radius 2 is 1.71 bits per heavy atom. The molecule has 0 saturated heterocycles. The number of hydrogen-bond donors (Lipinski definition) is 1. The first-order valence-corrected chi connectivity index (χ1v) is 7.79. The number of nitrogens with zero attached hydrogens (tertiary/aromatic N) is 1. The summed E-state index contributed by atoms with van der Waals surface area (Å²) in [6.07, 6.45) is 0. The number of nitrogens with two attached hydrogens (primary N) is 1. The molecule has 112 valence electrons. The summed E-state index contributed by atoms with van der Waals surface area (Å²) in [4.78, 5) is -0.420. The van der Waals surface area contributed by atoms with E-state index in [9.17, 15) is 12.8 Å². The third-order valence-corrected chi connectivity index (χ3v) is 5.20. The smallest absolute Gasteiger partial charge is 0.267 e. The maximum Gasteiger partial charge on any atom is 0.267 e. The molecule has 0 aliphatic heterocycles. The van der Waals surface area contributed by atoms with Gasteiger partial charge in [-0.2, -0.15) is 0 Å². The first-order chi connectivity index (χ1) is 9.75. The second kappa shape index (κ2) is 5.37. The summed E-state index contributed by atoms with van der Waals surface area (Å²) in [5.74, 6) is -0.804. The van der Waals surface area contributed by atoms with Gasteiger partial charge in [-0.1, -0.05) is 18.2 Å². The number of rotatable bonds is 3. The van der Waals surface area contributed by atoms with Crippen molar-refractivity contribution in [3.63, 3.8) is 0 Å². The second-order valence-corrected chi connectivity index (χ2v) is 6.84. The predicted molar refractivity (Wildman–Crippen MR) is 82.3 cm³/mol. The lowest BCUT2D eigenvalue weighted by atomic mass is 10.2. The van der Waals surface area contributed by atoms with Gasteiger partial charge < -0.3 is 5.73 Å². The van der Waals surface area contributed by atoms with Crippen molar-refractivity contribution < 1.29 is 12.8 Å². The number of benzene rings is 2. The van der Waals surface area contributed by atoms with Crippen molar-refractivity contribution in [2.45, 2.75) is 18.7 Å². The molecule has 0 fully saturated rings. The molecule has 0 amide bonds. The van der Waals surface area contributed by atoms with Crippen LogP contribution in [0.15, 0.2) is 41.3 Å². The Morgan fingerprint density at radius 1 is 1.10 bits per heavy atom. The van der Waals surface area contributed by atoms with E-state index in [0.717, 1.165) is 22.0 Å². The van der Waals surface area contributed by atoms with Crippen molar-refractivity contribution in [1.82, 2.24) is 0 Å². The largest absolute Gasteiger partial charge is 0.398 e. The third kappa shape index (κ3) is 2.71. The summed E-state index contributed by atoms with van der Waals surface area (Å²) in [7, 11) is -2.61. The van der Waals surface area contributed by atoms with Crippen LogP contribution in [-0.2, 0) is 10.0 Å². The predicted octanol–water partition coefficient (Wildman–Crippen LogP) is 2.85. The van der Waals surface area contributed by atoms with E-state index in [-0.39, 0.29) is 5.69 Å². The number of sulfonamides is 1. The topological polar surface area (TPSA) is 63.4 Å². The van der Waals surface area contributed by atoms with Gasteiger partial charge in [0.05, 0.1) is 5.69 Å². The molecule has 0 bridgehead atoms. The zero-order valence-corrected chi connectivity index (χ0v) is 12.9. The summed E-state index contributed by atoms with van der Waals surface area (Å²) in [6, 6.07) is 9.30.